The Morgan fingerprint density at radius 1 is 1.17 bits per heavy atom. The molecule has 0 unspecified atom stereocenters. The summed E-state index contributed by atoms with van der Waals surface area (Å²) in [6, 6.07) is 7.44. The van der Waals surface area contributed by atoms with Crippen LogP contribution in [0.15, 0.2) is 55.4 Å². The van der Waals surface area contributed by atoms with Gasteiger partial charge < -0.3 is 0 Å². The molecule has 90 valence electrons. The van der Waals surface area contributed by atoms with Crippen molar-refractivity contribution in [2.24, 2.45) is 0 Å². The lowest BCUT2D eigenvalue weighted by Crippen LogP contribution is -1.84. The van der Waals surface area contributed by atoms with Gasteiger partial charge in [0.1, 0.15) is 0 Å². The van der Waals surface area contributed by atoms with Crippen LogP contribution in [0.2, 0.25) is 0 Å². The number of hydrogen-bond acceptors (Lipinski definition) is 1. The predicted molar refractivity (Wildman–Crippen MR) is 68.7 cm³/mol. The molecule has 0 bridgehead atoms. The zero-order valence-corrected chi connectivity index (χ0v) is 9.61. The van der Waals surface area contributed by atoms with Gasteiger partial charge in [0.25, 0.3) is 0 Å². The lowest BCUT2D eigenvalue weighted by Gasteiger charge is -1.99. The van der Waals surface area contributed by atoms with E-state index >= 15 is 0 Å². The molecule has 0 spiro atoms. The van der Waals surface area contributed by atoms with Gasteiger partial charge in [-0.05, 0) is 34.9 Å². The first kappa shape index (κ1) is 12.2. The summed E-state index contributed by atoms with van der Waals surface area (Å²) < 4.78 is 25.7. The summed E-state index contributed by atoms with van der Waals surface area (Å²) in [5.74, 6) is -1.71. The van der Waals surface area contributed by atoms with Crippen molar-refractivity contribution in [1.82, 2.24) is 4.98 Å². The first-order valence-corrected chi connectivity index (χ1v) is 5.39. The highest BCUT2D eigenvalue weighted by Crippen LogP contribution is 2.15. The van der Waals surface area contributed by atoms with E-state index in [4.69, 9.17) is 0 Å². The Morgan fingerprint density at radius 3 is 2.67 bits per heavy atom. The molecule has 0 aliphatic rings. The number of hydrogen-bond donors (Lipinski definition) is 0. The van der Waals surface area contributed by atoms with Crippen molar-refractivity contribution < 1.29 is 8.78 Å². The Hall–Kier alpha value is -2.29. The summed E-state index contributed by atoms with van der Waals surface area (Å²) in [5, 5.41) is 0. The highest BCUT2D eigenvalue weighted by molar-refractivity contribution is 5.76. The van der Waals surface area contributed by atoms with Crippen LogP contribution in [-0.2, 0) is 0 Å². The number of pyridine rings is 1. The monoisotopic (exact) mass is 243 g/mol. The van der Waals surface area contributed by atoms with Gasteiger partial charge in [-0.2, -0.15) is 0 Å². The first-order chi connectivity index (χ1) is 8.66. The zero-order valence-electron chi connectivity index (χ0n) is 9.61. The van der Waals surface area contributed by atoms with Crippen molar-refractivity contribution in [3.63, 3.8) is 0 Å². The Bertz CT molecular complexity index is 589. The van der Waals surface area contributed by atoms with E-state index in [1.54, 1.807) is 24.5 Å². The van der Waals surface area contributed by atoms with Crippen molar-refractivity contribution in [2.45, 2.75) is 0 Å². The maximum Gasteiger partial charge on any atom is 0.159 e. The van der Waals surface area contributed by atoms with Crippen molar-refractivity contribution in [3.05, 3.63) is 78.1 Å². The molecule has 2 aromatic rings. The van der Waals surface area contributed by atoms with E-state index in [1.165, 1.54) is 6.07 Å². The summed E-state index contributed by atoms with van der Waals surface area (Å²) in [5.41, 5.74) is 2.23. The molecule has 0 radical (unpaired) electrons. The molecular formula is C15H11F2N. The molecule has 0 amide bonds. The number of rotatable bonds is 3. The standard InChI is InChI=1S/C15H11F2N/c1-11(13-3-2-8-18-10-13)4-5-12-6-7-14(16)15(17)9-12/h2-10H,1H2/b5-4+. The van der Waals surface area contributed by atoms with Gasteiger partial charge in [-0.15, -0.1) is 0 Å². The SMILES string of the molecule is C=C(/C=C/c1ccc(F)c(F)c1)c1cccnc1. The summed E-state index contributed by atoms with van der Waals surface area (Å²) in [7, 11) is 0. The van der Waals surface area contributed by atoms with Crippen LogP contribution in [-0.4, -0.2) is 4.98 Å². The van der Waals surface area contributed by atoms with Gasteiger partial charge in [-0.25, -0.2) is 8.78 Å². The van der Waals surface area contributed by atoms with Gasteiger partial charge in [-0.1, -0.05) is 30.9 Å². The van der Waals surface area contributed by atoms with Crippen LogP contribution >= 0.6 is 0 Å². The topological polar surface area (TPSA) is 12.9 Å². The van der Waals surface area contributed by atoms with Gasteiger partial charge in [0.2, 0.25) is 0 Å². The molecule has 1 heterocycles. The summed E-state index contributed by atoms with van der Waals surface area (Å²) in [4.78, 5) is 3.98. The fourth-order valence-electron chi connectivity index (χ4n) is 1.46. The number of halogens is 2. The van der Waals surface area contributed by atoms with E-state index in [0.717, 1.165) is 23.3 Å². The highest BCUT2D eigenvalue weighted by atomic mass is 19.2. The third kappa shape index (κ3) is 2.88. The van der Waals surface area contributed by atoms with Gasteiger partial charge >= 0.3 is 0 Å². The molecule has 0 saturated carbocycles. The van der Waals surface area contributed by atoms with E-state index in [2.05, 4.69) is 11.6 Å². The lowest BCUT2D eigenvalue weighted by molar-refractivity contribution is 0.508. The van der Waals surface area contributed by atoms with Crippen LogP contribution in [0.1, 0.15) is 11.1 Å². The molecule has 2 rings (SSSR count). The molecule has 0 atom stereocenters. The van der Waals surface area contributed by atoms with Crippen molar-refractivity contribution in [2.75, 3.05) is 0 Å². The Kier molecular flexibility index (Phi) is 3.63. The van der Waals surface area contributed by atoms with Crippen LogP contribution in [0, 0.1) is 11.6 Å². The van der Waals surface area contributed by atoms with Gasteiger partial charge in [0.15, 0.2) is 11.6 Å². The second-order valence-corrected chi connectivity index (χ2v) is 3.77. The predicted octanol–water partition coefficient (Wildman–Crippen LogP) is 4.09. The van der Waals surface area contributed by atoms with Crippen LogP contribution < -0.4 is 0 Å². The van der Waals surface area contributed by atoms with Crippen molar-refractivity contribution in [3.8, 4) is 0 Å². The average molecular weight is 243 g/mol. The van der Waals surface area contributed by atoms with Gasteiger partial charge in [0.05, 0.1) is 0 Å². The fraction of sp³-hybridized carbons (Fsp3) is 0. The first-order valence-electron chi connectivity index (χ1n) is 5.39. The molecule has 0 N–H and O–H groups in total. The van der Waals surface area contributed by atoms with Crippen LogP contribution in [0.25, 0.3) is 11.6 Å². The minimum atomic E-state index is -0.857. The van der Waals surface area contributed by atoms with Gasteiger partial charge in [0, 0.05) is 12.4 Å². The van der Waals surface area contributed by atoms with E-state index in [-0.39, 0.29) is 0 Å². The molecule has 0 aliphatic carbocycles. The molecule has 1 aromatic carbocycles. The maximum absolute atomic E-state index is 13.0. The highest BCUT2D eigenvalue weighted by Gasteiger charge is 2.00. The van der Waals surface area contributed by atoms with E-state index in [0.29, 0.717) is 5.56 Å². The summed E-state index contributed by atoms with van der Waals surface area (Å²) >= 11 is 0. The van der Waals surface area contributed by atoms with Crippen molar-refractivity contribution >= 4 is 11.6 Å². The second-order valence-electron chi connectivity index (χ2n) is 3.77. The number of nitrogens with zero attached hydrogens (tertiary/aromatic N) is 1. The molecular weight excluding hydrogens is 232 g/mol. The molecule has 1 aromatic heterocycles. The Labute approximate surface area is 104 Å². The minimum absolute atomic E-state index is 0.582. The zero-order chi connectivity index (χ0) is 13.0. The van der Waals surface area contributed by atoms with E-state index < -0.39 is 11.6 Å². The maximum atomic E-state index is 13.0. The van der Waals surface area contributed by atoms with E-state index in [1.807, 2.05) is 12.1 Å². The molecule has 0 fully saturated rings. The third-order valence-corrected chi connectivity index (χ3v) is 2.45. The van der Waals surface area contributed by atoms with Crippen LogP contribution in [0.3, 0.4) is 0 Å². The lowest BCUT2D eigenvalue weighted by atomic mass is 10.1. The second kappa shape index (κ2) is 5.36. The minimum Gasteiger partial charge on any atom is -0.264 e. The smallest absolute Gasteiger partial charge is 0.159 e. The molecule has 18 heavy (non-hydrogen) atoms. The molecule has 1 nitrogen and oxygen atoms in total. The quantitative estimate of drug-likeness (QED) is 0.740. The fourth-order valence-corrected chi connectivity index (χ4v) is 1.46. The van der Waals surface area contributed by atoms with Crippen LogP contribution in [0.5, 0.6) is 0 Å². The normalized spacial score (nSPS) is 10.8. The number of allylic oxidation sites excluding steroid dienone is 2. The van der Waals surface area contributed by atoms with E-state index in [9.17, 15) is 8.78 Å². The number of benzene rings is 1. The van der Waals surface area contributed by atoms with Crippen molar-refractivity contribution in [1.29, 1.82) is 0 Å². The van der Waals surface area contributed by atoms with Crippen LogP contribution in [0.4, 0.5) is 8.78 Å². The summed E-state index contributed by atoms with van der Waals surface area (Å²) in [6.07, 6.45) is 6.79. The largest absolute Gasteiger partial charge is 0.264 e. The average Bonchev–Trinajstić information content (AvgIpc) is 2.41. The Morgan fingerprint density at radius 2 is 2.00 bits per heavy atom. The molecule has 0 aliphatic heterocycles. The summed E-state index contributed by atoms with van der Waals surface area (Å²) in [6.45, 7) is 3.89. The Balaban J connectivity index is 2.16. The third-order valence-electron chi connectivity index (χ3n) is 2.45. The molecule has 3 heteroatoms. The number of aromatic nitrogens is 1. The van der Waals surface area contributed by atoms with Gasteiger partial charge in [-0.3, -0.25) is 4.98 Å². The molecule has 0 saturated heterocycles.